The molecule has 1 aliphatic heterocycles. The van der Waals surface area contributed by atoms with Crippen LogP contribution in [0.25, 0.3) is 0 Å². The fourth-order valence-corrected chi connectivity index (χ4v) is 4.02. The number of ketones is 1. The first-order valence-corrected chi connectivity index (χ1v) is 8.42. The minimum atomic E-state index is -0.0335. The largest absolute Gasteiger partial charge is 0.377 e. The number of carbonyl (C=O) groups excluding carboxylic acids is 1. The predicted molar refractivity (Wildman–Crippen MR) is 90.3 cm³/mol. The quantitative estimate of drug-likeness (QED) is 0.743. The van der Waals surface area contributed by atoms with Crippen molar-refractivity contribution < 1.29 is 4.79 Å². The van der Waals surface area contributed by atoms with Crippen molar-refractivity contribution in [1.29, 1.82) is 0 Å². The van der Waals surface area contributed by atoms with E-state index in [9.17, 15) is 4.79 Å². The van der Waals surface area contributed by atoms with Gasteiger partial charge in [-0.2, -0.15) is 0 Å². The first-order valence-electron chi connectivity index (χ1n) is 6.88. The van der Waals surface area contributed by atoms with Crippen LogP contribution in [0.4, 0.5) is 0 Å². The number of rotatable bonds is 1. The Bertz CT molecular complexity index is 694. The van der Waals surface area contributed by atoms with Gasteiger partial charge >= 0.3 is 0 Å². The third-order valence-electron chi connectivity index (χ3n) is 4.02. The molecular formula is C16H14BrCl2NO. The molecule has 0 amide bonds. The van der Waals surface area contributed by atoms with Crippen LogP contribution in [-0.2, 0) is 6.42 Å². The average molecular weight is 387 g/mol. The van der Waals surface area contributed by atoms with Crippen LogP contribution in [0.15, 0.2) is 34.0 Å². The minimum absolute atomic E-state index is 0.0335. The van der Waals surface area contributed by atoms with E-state index in [1.165, 1.54) is 0 Å². The minimum Gasteiger partial charge on any atom is -0.377 e. The Balaban J connectivity index is 2.22. The lowest BCUT2D eigenvalue weighted by molar-refractivity contribution is 0.102. The summed E-state index contributed by atoms with van der Waals surface area (Å²) in [4.78, 5) is 12.9. The van der Waals surface area contributed by atoms with Crippen molar-refractivity contribution in [2.24, 2.45) is 5.92 Å². The monoisotopic (exact) mass is 385 g/mol. The highest BCUT2D eigenvalue weighted by atomic mass is 79.9. The standard InChI is InChI=1S/C16H14BrCl2NO/c1-2-8-3-9-4-11(18)6-13(19)14(9)16(21)15-12(8)5-10(17)7-20-15/h4-6,8,20H,2-3,7H2,1H3. The molecule has 0 aromatic heterocycles. The molecule has 1 aliphatic carbocycles. The van der Waals surface area contributed by atoms with Gasteiger partial charge < -0.3 is 5.32 Å². The molecule has 0 fully saturated rings. The lowest BCUT2D eigenvalue weighted by Gasteiger charge is -2.22. The Labute approximate surface area is 142 Å². The maximum atomic E-state index is 12.9. The second-order valence-electron chi connectivity index (χ2n) is 5.34. The molecule has 0 bridgehead atoms. The van der Waals surface area contributed by atoms with Crippen molar-refractivity contribution in [1.82, 2.24) is 5.32 Å². The van der Waals surface area contributed by atoms with E-state index >= 15 is 0 Å². The Morgan fingerprint density at radius 1 is 1.38 bits per heavy atom. The highest BCUT2D eigenvalue weighted by molar-refractivity contribution is 9.11. The Morgan fingerprint density at radius 2 is 2.14 bits per heavy atom. The SMILES string of the molecule is CCC1Cc2cc(Cl)cc(Cl)c2C(=O)C2=C1C=C(Br)CN2. The number of Topliss-reactive ketones (excluding diaryl/α,β-unsaturated/α-hetero) is 1. The van der Waals surface area contributed by atoms with Gasteiger partial charge in [-0.15, -0.1) is 0 Å². The summed E-state index contributed by atoms with van der Waals surface area (Å²) >= 11 is 15.9. The van der Waals surface area contributed by atoms with Gasteiger partial charge in [0.2, 0.25) is 5.78 Å². The lowest BCUT2D eigenvalue weighted by Crippen LogP contribution is -2.27. The van der Waals surface area contributed by atoms with Crippen molar-refractivity contribution in [2.45, 2.75) is 19.8 Å². The Kier molecular flexibility index (Phi) is 4.17. The zero-order valence-electron chi connectivity index (χ0n) is 11.5. The molecule has 1 N–H and O–H groups in total. The molecule has 1 aromatic carbocycles. The molecule has 3 rings (SSSR count). The molecule has 5 heteroatoms. The Morgan fingerprint density at radius 3 is 2.86 bits per heavy atom. The summed E-state index contributed by atoms with van der Waals surface area (Å²) in [5, 5.41) is 4.24. The van der Waals surface area contributed by atoms with Gasteiger partial charge in [0.1, 0.15) is 0 Å². The lowest BCUT2D eigenvalue weighted by atomic mass is 9.89. The maximum absolute atomic E-state index is 12.9. The molecule has 1 heterocycles. The normalized spacial score (nSPS) is 21.2. The highest BCUT2D eigenvalue weighted by Gasteiger charge is 2.31. The molecule has 0 spiro atoms. The number of hydrogen-bond acceptors (Lipinski definition) is 2. The van der Waals surface area contributed by atoms with Gasteiger partial charge in [-0.25, -0.2) is 0 Å². The predicted octanol–water partition coefficient (Wildman–Crippen LogP) is 4.89. The van der Waals surface area contributed by atoms with Crippen molar-refractivity contribution in [3.8, 4) is 0 Å². The van der Waals surface area contributed by atoms with Gasteiger partial charge in [0.05, 0.1) is 10.7 Å². The van der Waals surface area contributed by atoms with Crippen molar-refractivity contribution in [2.75, 3.05) is 6.54 Å². The van der Waals surface area contributed by atoms with Crippen LogP contribution in [0, 0.1) is 5.92 Å². The first kappa shape index (κ1) is 15.1. The molecule has 1 unspecified atom stereocenters. The molecule has 110 valence electrons. The van der Waals surface area contributed by atoms with Gasteiger partial charge in [-0.3, -0.25) is 4.79 Å². The van der Waals surface area contributed by atoms with E-state index in [1.54, 1.807) is 6.07 Å². The summed E-state index contributed by atoms with van der Waals surface area (Å²) in [5.74, 6) is 0.244. The number of dihydropyridines is 1. The molecule has 0 saturated heterocycles. The van der Waals surface area contributed by atoms with Crippen LogP contribution in [0.2, 0.25) is 10.0 Å². The van der Waals surface area contributed by atoms with Crippen LogP contribution in [0.3, 0.4) is 0 Å². The van der Waals surface area contributed by atoms with Crippen LogP contribution in [0.5, 0.6) is 0 Å². The number of allylic oxidation sites excluding steroid dienone is 3. The fourth-order valence-electron chi connectivity index (χ4n) is 3.01. The molecule has 1 atom stereocenters. The summed E-state index contributed by atoms with van der Waals surface area (Å²) in [6, 6.07) is 3.50. The van der Waals surface area contributed by atoms with Gasteiger partial charge in [-0.1, -0.05) is 46.1 Å². The van der Waals surface area contributed by atoms with Crippen molar-refractivity contribution in [3.05, 3.63) is 55.1 Å². The first-order chi connectivity index (χ1) is 10.0. The van der Waals surface area contributed by atoms with E-state index in [1.807, 2.05) is 6.07 Å². The van der Waals surface area contributed by atoms with E-state index in [-0.39, 0.29) is 11.7 Å². The smallest absolute Gasteiger partial charge is 0.210 e. The number of nitrogens with one attached hydrogen (secondary N) is 1. The molecule has 2 nitrogen and oxygen atoms in total. The fraction of sp³-hybridized carbons (Fsp3) is 0.312. The van der Waals surface area contributed by atoms with Gasteiger partial charge in [0, 0.05) is 21.6 Å². The number of carbonyl (C=O) groups is 1. The highest BCUT2D eigenvalue weighted by Crippen LogP contribution is 2.37. The molecule has 2 aliphatic rings. The number of fused-ring (bicyclic) bond motifs is 1. The zero-order chi connectivity index (χ0) is 15.1. The summed E-state index contributed by atoms with van der Waals surface area (Å²) in [5.41, 5.74) is 3.26. The molecule has 0 saturated carbocycles. The third-order valence-corrected chi connectivity index (χ3v) is 5.05. The zero-order valence-corrected chi connectivity index (χ0v) is 14.6. The summed E-state index contributed by atoms with van der Waals surface area (Å²) in [7, 11) is 0. The average Bonchev–Trinajstić information content (AvgIpc) is 2.54. The molecule has 1 aromatic rings. The van der Waals surface area contributed by atoms with Gasteiger partial charge in [0.15, 0.2) is 0 Å². The van der Waals surface area contributed by atoms with Crippen LogP contribution < -0.4 is 5.32 Å². The molecule has 0 radical (unpaired) electrons. The van der Waals surface area contributed by atoms with Crippen molar-refractivity contribution >= 4 is 44.9 Å². The van der Waals surface area contributed by atoms with Crippen LogP contribution >= 0.6 is 39.1 Å². The molecular weight excluding hydrogens is 373 g/mol. The third kappa shape index (κ3) is 2.67. The van der Waals surface area contributed by atoms with Gasteiger partial charge in [0.25, 0.3) is 0 Å². The van der Waals surface area contributed by atoms with E-state index in [2.05, 4.69) is 34.2 Å². The van der Waals surface area contributed by atoms with E-state index < -0.39 is 0 Å². The van der Waals surface area contributed by atoms with E-state index in [0.29, 0.717) is 27.9 Å². The topological polar surface area (TPSA) is 29.1 Å². The summed E-state index contributed by atoms with van der Waals surface area (Å²) in [6.45, 7) is 2.76. The summed E-state index contributed by atoms with van der Waals surface area (Å²) < 4.78 is 1.06. The number of halogens is 3. The Hall–Kier alpha value is -0.770. The number of benzene rings is 1. The van der Waals surface area contributed by atoms with Gasteiger partial charge in [-0.05, 0) is 48.1 Å². The second-order valence-corrected chi connectivity index (χ2v) is 7.20. The number of hydrogen-bond donors (Lipinski definition) is 1. The molecule has 21 heavy (non-hydrogen) atoms. The maximum Gasteiger partial charge on any atom is 0.210 e. The van der Waals surface area contributed by atoms with E-state index in [4.69, 9.17) is 23.2 Å². The van der Waals surface area contributed by atoms with Crippen LogP contribution in [0.1, 0.15) is 29.3 Å². The second kappa shape index (κ2) is 5.79. The van der Waals surface area contributed by atoms with Crippen molar-refractivity contribution in [3.63, 3.8) is 0 Å². The van der Waals surface area contributed by atoms with Crippen LogP contribution in [-0.4, -0.2) is 12.3 Å². The van der Waals surface area contributed by atoms with E-state index in [0.717, 1.165) is 28.5 Å². The summed E-state index contributed by atoms with van der Waals surface area (Å²) in [6.07, 6.45) is 3.79.